The highest BCUT2D eigenvalue weighted by Crippen LogP contribution is 2.31. The van der Waals surface area contributed by atoms with Gasteiger partial charge in [0.2, 0.25) is 11.8 Å². The maximum absolute atomic E-state index is 12.3. The van der Waals surface area contributed by atoms with Crippen molar-refractivity contribution in [1.29, 1.82) is 0 Å². The second-order valence-electron chi connectivity index (χ2n) is 7.16. The molecule has 28 heavy (non-hydrogen) atoms. The summed E-state index contributed by atoms with van der Waals surface area (Å²) in [7, 11) is 1.83. The van der Waals surface area contributed by atoms with E-state index in [0.29, 0.717) is 19.0 Å². The van der Waals surface area contributed by atoms with Crippen molar-refractivity contribution in [2.45, 2.75) is 38.1 Å². The van der Waals surface area contributed by atoms with E-state index in [1.807, 2.05) is 47.0 Å². The highest BCUT2D eigenvalue weighted by atomic mass is 79.9. The van der Waals surface area contributed by atoms with Gasteiger partial charge in [0.1, 0.15) is 5.82 Å². The predicted octanol–water partition coefficient (Wildman–Crippen LogP) is 3.66. The predicted molar refractivity (Wildman–Crippen MR) is 113 cm³/mol. The van der Waals surface area contributed by atoms with E-state index >= 15 is 0 Å². The number of para-hydroxylation sites is 1. The molecule has 3 rings (SSSR count). The van der Waals surface area contributed by atoms with E-state index in [1.54, 1.807) is 6.20 Å². The van der Waals surface area contributed by atoms with Crippen molar-refractivity contribution < 1.29 is 9.59 Å². The third kappa shape index (κ3) is 5.65. The van der Waals surface area contributed by atoms with Gasteiger partial charge < -0.3 is 10.6 Å². The number of rotatable bonds is 8. The molecule has 2 aromatic rings. The van der Waals surface area contributed by atoms with Gasteiger partial charge in [-0.3, -0.25) is 14.5 Å². The molecule has 2 amide bonds. The lowest BCUT2D eigenvalue weighted by molar-refractivity contribution is -0.119. The Morgan fingerprint density at radius 1 is 1.18 bits per heavy atom. The number of anilines is 2. The molecule has 0 atom stereocenters. The topological polar surface area (TPSA) is 79.3 Å². The molecule has 0 aliphatic heterocycles. The number of carbonyl (C=O) groups excluding carboxylic acids is 2. The number of carbonyl (C=O) groups is 2. The first kappa shape index (κ1) is 20.5. The summed E-state index contributed by atoms with van der Waals surface area (Å²) in [6, 6.07) is 9.69. The number of hydrogen-bond acceptors (Lipinski definition) is 4. The first-order valence-corrected chi connectivity index (χ1v) is 10.4. The number of likely N-dealkylation sites (N-methyl/N-ethyl adjacent to an activating group) is 1. The fraction of sp³-hybridized carbons (Fsp3) is 0.450. The van der Waals surface area contributed by atoms with Gasteiger partial charge in [-0.2, -0.15) is 5.10 Å². The number of benzene rings is 1. The van der Waals surface area contributed by atoms with Crippen LogP contribution in [0.3, 0.4) is 0 Å². The fourth-order valence-corrected chi connectivity index (χ4v) is 3.81. The van der Waals surface area contributed by atoms with E-state index in [4.69, 9.17) is 0 Å². The summed E-state index contributed by atoms with van der Waals surface area (Å²) >= 11 is 3.41. The number of amides is 2. The Hall–Kier alpha value is -2.19. The van der Waals surface area contributed by atoms with Crippen LogP contribution in [0, 0.1) is 0 Å². The second kappa shape index (κ2) is 9.84. The first-order valence-electron chi connectivity index (χ1n) is 9.59. The standard InChI is InChI=1S/C20H26BrN5O2/c1-25(14-20(28)23-17-9-5-4-8-16(17)21)13-11-19(27)24-18-10-12-22-26(18)15-6-2-3-7-15/h4-5,8-10,12,15H,2-3,6-7,11,13-14H2,1H3,(H,23,28)(H,24,27). The molecular weight excluding hydrogens is 422 g/mol. The summed E-state index contributed by atoms with van der Waals surface area (Å²) in [4.78, 5) is 26.3. The maximum Gasteiger partial charge on any atom is 0.238 e. The Kier molecular flexibility index (Phi) is 7.22. The lowest BCUT2D eigenvalue weighted by Crippen LogP contribution is -2.32. The minimum atomic E-state index is -0.117. The first-order chi connectivity index (χ1) is 13.5. The molecule has 0 bridgehead atoms. The Labute approximate surface area is 173 Å². The molecule has 2 N–H and O–H groups in total. The van der Waals surface area contributed by atoms with Crippen LogP contribution in [0.1, 0.15) is 38.1 Å². The molecule has 1 fully saturated rings. The van der Waals surface area contributed by atoms with Crippen LogP contribution in [0.4, 0.5) is 11.5 Å². The summed E-state index contributed by atoms with van der Waals surface area (Å²) in [5.41, 5.74) is 0.735. The van der Waals surface area contributed by atoms with Gasteiger partial charge in [-0.15, -0.1) is 0 Å². The van der Waals surface area contributed by atoms with Crippen molar-refractivity contribution in [2.75, 3.05) is 30.8 Å². The summed E-state index contributed by atoms with van der Waals surface area (Å²) in [6.45, 7) is 0.710. The normalized spacial score (nSPS) is 14.4. The van der Waals surface area contributed by atoms with E-state index in [1.165, 1.54) is 12.8 Å². The average Bonchev–Trinajstić information content (AvgIpc) is 3.33. The van der Waals surface area contributed by atoms with Crippen LogP contribution in [0.15, 0.2) is 41.0 Å². The maximum atomic E-state index is 12.3. The SMILES string of the molecule is CN(CCC(=O)Nc1ccnn1C1CCCC1)CC(=O)Nc1ccccc1Br. The Bertz CT molecular complexity index is 816. The Morgan fingerprint density at radius 3 is 2.68 bits per heavy atom. The zero-order valence-electron chi connectivity index (χ0n) is 16.0. The lowest BCUT2D eigenvalue weighted by atomic mass is 10.2. The van der Waals surface area contributed by atoms with Gasteiger partial charge in [-0.05, 0) is 48.0 Å². The van der Waals surface area contributed by atoms with Crippen molar-refractivity contribution in [3.05, 3.63) is 41.0 Å². The average molecular weight is 448 g/mol. The number of hydrogen-bond donors (Lipinski definition) is 2. The largest absolute Gasteiger partial charge is 0.324 e. The fourth-order valence-electron chi connectivity index (χ4n) is 3.43. The van der Waals surface area contributed by atoms with Crippen LogP contribution in [-0.2, 0) is 9.59 Å². The van der Waals surface area contributed by atoms with Crippen molar-refractivity contribution in [3.63, 3.8) is 0 Å². The zero-order chi connectivity index (χ0) is 19.9. The number of nitrogens with one attached hydrogen (secondary N) is 2. The molecular formula is C20H26BrN5O2. The third-order valence-corrected chi connectivity index (χ3v) is 5.58. The minimum absolute atomic E-state index is 0.0715. The zero-order valence-corrected chi connectivity index (χ0v) is 17.6. The highest BCUT2D eigenvalue weighted by molar-refractivity contribution is 9.10. The van der Waals surface area contributed by atoms with Crippen LogP contribution in [0.25, 0.3) is 0 Å². The summed E-state index contributed by atoms with van der Waals surface area (Å²) < 4.78 is 2.77. The van der Waals surface area contributed by atoms with Gasteiger partial charge in [0.15, 0.2) is 0 Å². The van der Waals surface area contributed by atoms with Crippen LogP contribution < -0.4 is 10.6 Å². The van der Waals surface area contributed by atoms with Gasteiger partial charge in [0, 0.05) is 23.5 Å². The summed E-state index contributed by atoms with van der Waals surface area (Å²) in [5.74, 6) is 0.568. The van der Waals surface area contributed by atoms with Crippen molar-refractivity contribution in [3.8, 4) is 0 Å². The highest BCUT2D eigenvalue weighted by Gasteiger charge is 2.20. The van der Waals surface area contributed by atoms with Crippen LogP contribution in [0.5, 0.6) is 0 Å². The third-order valence-electron chi connectivity index (χ3n) is 4.89. The number of nitrogens with zero attached hydrogens (tertiary/aromatic N) is 3. The van der Waals surface area contributed by atoms with Crippen molar-refractivity contribution >= 4 is 39.2 Å². The minimum Gasteiger partial charge on any atom is -0.324 e. The van der Waals surface area contributed by atoms with Gasteiger partial charge in [0.25, 0.3) is 0 Å². The smallest absolute Gasteiger partial charge is 0.238 e. The molecule has 1 saturated carbocycles. The van der Waals surface area contributed by atoms with Crippen molar-refractivity contribution in [2.24, 2.45) is 0 Å². The van der Waals surface area contributed by atoms with Gasteiger partial charge in [-0.25, -0.2) is 4.68 Å². The van der Waals surface area contributed by atoms with Crippen LogP contribution >= 0.6 is 15.9 Å². The molecule has 1 aliphatic rings. The monoisotopic (exact) mass is 447 g/mol. The van der Waals surface area contributed by atoms with Gasteiger partial charge >= 0.3 is 0 Å². The summed E-state index contributed by atoms with van der Waals surface area (Å²) in [5, 5.41) is 10.2. The molecule has 0 radical (unpaired) electrons. The van der Waals surface area contributed by atoms with Crippen molar-refractivity contribution in [1.82, 2.24) is 14.7 Å². The molecule has 0 unspecified atom stereocenters. The molecule has 1 aromatic heterocycles. The molecule has 0 spiro atoms. The molecule has 1 heterocycles. The number of halogens is 1. The number of aromatic nitrogens is 2. The Morgan fingerprint density at radius 2 is 1.93 bits per heavy atom. The summed E-state index contributed by atoms with van der Waals surface area (Å²) in [6.07, 6.45) is 6.69. The van der Waals surface area contributed by atoms with Crippen LogP contribution in [0.2, 0.25) is 0 Å². The molecule has 0 saturated heterocycles. The molecule has 7 nitrogen and oxygen atoms in total. The van der Waals surface area contributed by atoms with E-state index in [2.05, 4.69) is 31.7 Å². The molecule has 8 heteroatoms. The van der Waals surface area contributed by atoms with E-state index in [9.17, 15) is 9.59 Å². The quantitative estimate of drug-likeness (QED) is 0.646. The van der Waals surface area contributed by atoms with Gasteiger partial charge in [-0.1, -0.05) is 25.0 Å². The van der Waals surface area contributed by atoms with E-state index in [-0.39, 0.29) is 18.4 Å². The second-order valence-corrected chi connectivity index (χ2v) is 8.02. The van der Waals surface area contributed by atoms with Crippen LogP contribution in [-0.4, -0.2) is 46.6 Å². The lowest BCUT2D eigenvalue weighted by Gasteiger charge is -2.17. The Balaban J connectivity index is 1.42. The molecule has 150 valence electrons. The molecule has 1 aromatic carbocycles. The van der Waals surface area contributed by atoms with Gasteiger partial charge in [0.05, 0.1) is 24.5 Å². The van der Waals surface area contributed by atoms with E-state index < -0.39 is 0 Å². The molecule has 1 aliphatic carbocycles. The van der Waals surface area contributed by atoms with E-state index in [0.717, 1.165) is 28.8 Å².